The molecule has 0 saturated carbocycles. The van der Waals surface area contributed by atoms with Crippen LogP contribution < -0.4 is 5.32 Å². The molecule has 1 fully saturated rings. The summed E-state index contributed by atoms with van der Waals surface area (Å²) in [6.07, 6.45) is 0.803. The van der Waals surface area contributed by atoms with Gasteiger partial charge < -0.3 is 5.32 Å². The van der Waals surface area contributed by atoms with E-state index in [-0.39, 0.29) is 42.3 Å². The van der Waals surface area contributed by atoms with E-state index in [0.29, 0.717) is 12.8 Å². The van der Waals surface area contributed by atoms with Crippen molar-refractivity contribution in [3.8, 4) is 0 Å². The van der Waals surface area contributed by atoms with Crippen LogP contribution in [0.2, 0.25) is 0 Å². The summed E-state index contributed by atoms with van der Waals surface area (Å²) in [7, 11) is -3.65. The van der Waals surface area contributed by atoms with Gasteiger partial charge >= 0.3 is 0 Å². The van der Waals surface area contributed by atoms with Gasteiger partial charge in [-0.2, -0.15) is 0 Å². The van der Waals surface area contributed by atoms with Crippen LogP contribution in [0, 0.1) is 17.6 Å². The highest BCUT2D eigenvalue weighted by atomic mass is 32.2. The zero-order chi connectivity index (χ0) is 21.0. The number of amides is 1. The van der Waals surface area contributed by atoms with Crippen molar-refractivity contribution >= 4 is 15.9 Å². The van der Waals surface area contributed by atoms with Gasteiger partial charge in [0.2, 0.25) is 15.9 Å². The molecule has 1 N–H and O–H groups in total. The van der Waals surface area contributed by atoms with E-state index < -0.39 is 21.6 Å². The Bertz CT molecular complexity index is 956. The minimum absolute atomic E-state index is 0.139. The molecule has 1 aliphatic heterocycles. The van der Waals surface area contributed by atoms with Crippen LogP contribution in [0.5, 0.6) is 0 Å². The molecule has 1 heterocycles. The summed E-state index contributed by atoms with van der Waals surface area (Å²) in [4.78, 5) is 12.5. The molecule has 1 atom stereocenters. The summed E-state index contributed by atoms with van der Waals surface area (Å²) in [5.74, 6) is -1.71. The van der Waals surface area contributed by atoms with Gasteiger partial charge in [-0.15, -0.1) is 0 Å². The molecule has 156 valence electrons. The lowest BCUT2D eigenvalue weighted by Gasteiger charge is -2.31. The standard InChI is InChI=1S/C21H24F2N2O3S/c1-15(16-6-8-19(22)9-7-16)24-21(26)17-10-12-25(13-11-17)29(27,28)14-18-4-2-3-5-20(18)23/h2-9,15,17H,10-14H2,1H3,(H,24,26). The van der Waals surface area contributed by atoms with Crippen LogP contribution in [0.25, 0.3) is 0 Å². The molecule has 0 spiro atoms. The SMILES string of the molecule is CC(NC(=O)C1CCN(S(=O)(=O)Cc2ccccc2F)CC1)c1ccc(F)cc1. The van der Waals surface area contributed by atoms with Crippen LogP contribution >= 0.6 is 0 Å². The molecular formula is C21H24F2N2O3S. The number of sulfonamides is 1. The largest absolute Gasteiger partial charge is 0.349 e. The molecule has 2 aromatic rings. The number of hydrogen-bond donors (Lipinski definition) is 1. The molecule has 1 unspecified atom stereocenters. The first-order valence-electron chi connectivity index (χ1n) is 9.53. The molecule has 3 rings (SSSR count). The molecule has 1 saturated heterocycles. The Balaban J connectivity index is 1.54. The van der Waals surface area contributed by atoms with E-state index in [1.807, 2.05) is 6.92 Å². The number of carbonyl (C=O) groups is 1. The smallest absolute Gasteiger partial charge is 0.223 e. The number of carbonyl (C=O) groups excluding carboxylic acids is 1. The zero-order valence-corrected chi connectivity index (χ0v) is 17.0. The van der Waals surface area contributed by atoms with Gasteiger partial charge in [0.05, 0.1) is 11.8 Å². The van der Waals surface area contributed by atoms with E-state index in [9.17, 15) is 22.0 Å². The Kier molecular flexibility index (Phi) is 6.64. The normalized spacial score (nSPS) is 17.1. The fourth-order valence-electron chi connectivity index (χ4n) is 3.47. The van der Waals surface area contributed by atoms with Gasteiger partial charge in [-0.05, 0) is 43.5 Å². The third kappa shape index (κ3) is 5.39. The molecule has 0 aromatic heterocycles. The van der Waals surface area contributed by atoms with E-state index in [4.69, 9.17) is 0 Å². The first kappa shape index (κ1) is 21.4. The van der Waals surface area contributed by atoms with Gasteiger partial charge in [-0.1, -0.05) is 30.3 Å². The van der Waals surface area contributed by atoms with E-state index in [2.05, 4.69) is 5.32 Å². The molecule has 0 aliphatic carbocycles. The van der Waals surface area contributed by atoms with Gasteiger partial charge in [0, 0.05) is 24.6 Å². The average Bonchev–Trinajstić information content (AvgIpc) is 2.70. The average molecular weight is 422 g/mol. The molecule has 0 radical (unpaired) electrons. The van der Waals surface area contributed by atoms with Crippen molar-refractivity contribution in [2.24, 2.45) is 5.92 Å². The number of rotatable bonds is 6. The summed E-state index contributed by atoms with van der Waals surface area (Å²) in [6.45, 7) is 2.26. The lowest BCUT2D eigenvalue weighted by molar-refractivity contribution is -0.126. The van der Waals surface area contributed by atoms with Gasteiger partial charge in [0.1, 0.15) is 11.6 Å². The van der Waals surface area contributed by atoms with Crippen molar-refractivity contribution in [2.45, 2.75) is 31.6 Å². The molecule has 1 amide bonds. The number of benzene rings is 2. The van der Waals surface area contributed by atoms with Crippen molar-refractivity contribution in [1.82, 2.24) is 9.62 Å². The maximum atomic E-state index is 13.8. The Labute approximate surface area is 169 Å². The van der Waals surface area contributed by atoms with Crippen molar-refractivity contribution in [3.05, 3.63) is 71.3 Å². The van der Waals surface area contributed by atoms with E-state index in [0.717, 1.165) is 5.56 Å². The first-order chi connectivity index (χ1) is 13.8. The number of nitrogens with one attached hydrogen (secondary N) is 1. The minimum atomic E-state index is -3.65. The molecular weight excluding hydrogens is 398 g/mol. The van der Waals surface area contributed by atoms with Crippen LogP contribution in [-0.4, -0.2) is 31.7 Å². The molecule has 8 heteroatoms. The first-order valence-corrected chi connectivity index (χ1v) is 11.1. The highest BCUT2D eigenvalue weighted by molar-refractivity contribution is 7.88. The topological polar surface area (TPSA) is 66.5 Å². The van der Waals surface area contributed by atoms with E-state index in [1.165, 1.54) is 34.6 Å². The highest BCUT2D eigenvalue weighted by Crippen LogP contribution is 2.23. The van der Waals surface area contributed by atoms with Gasteiger partial charge in [0.15, 0.2) is 0 Å². The highest BCUT2D eigenvalue weighted by Gasteiger charge is 2.32. The van der Waals surface area contributed by atoms with Crippen LogP contribution in [-0.2, 0) is 20.6 Å². The Morgan fingerprint density at radius 2 is 1.72 bits per heavy atom. The van der Waals surface area contributed by atoms with E-state index >= 15 is 0 Å². The van der Waals surface area contributed by atoms with Crippen LogP contribution in [0.15, 0.2) is 48.5 Å². The second-order valence-corrected chi connectivity index (χ2v) is 9.27. The third-order valence-electron chi connectivity index (χ3n) is 5.24. The van der Waals surface area contributed by atoms with Crippen molar-refractivity contribution < 1.29 is 22.0 Å². The Morgan fingerprint density at radius 1 is 1.10 bits per heavy atom. The number of piperidine rings is 1. The molecule has 29 heavy (non-hydrogen) atoms. The zero-order valence-electron chi connectivity index (χ0n) is 16.1. The number of nitrogens with zero attached hydrogens (tertiary/aromatic N) is 1. The molecule has 2 aromatic carbocycles. The number of halogens is 2. The summed E-state index contributed by atoms with van der Waals surface area (Å²) in [6, 6.07) is 11.5. The summed E-state index contributed by atoms with van der Waals surface area (Å²) in [5.41, 5.74) is 0.935. The van der Waals surface area contributed by atoms with E-state index in [1.54, 1.807) is 18.2 Å². The maximum absolute atomic E-state index is 13.8. The van der Waals surface area contributed by atoms with Crippen molar-refractivity contribution in [3.63, 3.8) is 0 Å². The van der Waals surface area contributed by atoms with Crippen LogP contribution in [0.1, 0.15) is 36.9 Å². The van der Waals surface area contributed by atoms with Crippen molar-refractivity contribution in [1.29, 1.82) is 0 Å². The predicted octanol–water partition coefficient (Wildman–Crippen LogP) is 3.38. The minimum Gasteiger partial charge on any atom is -0.349 e. The summed E-state index contributed by atoms with van der Waals surface area (Å²) in [5, 5.41) is 2.91. The number of hydrogen-bond acceptors (Lipinski definition) is 3. The fraction of sp³-hybridized carbons (Fsp3) is 0.381. The molecule has 0 bridgehead atoms. The fourth-order valence-corrected chi connectivity index (χ4v) is 5.04. The summed E-state index contributed by atoms with van der Waals surface area (Å²) < 4.78 is 53.3. The molecule has 1 aliphatic rings. The quantitative estimate of drug-likeness (QED) is 0.776. The van der Waals surface area contributed by atoms with Gasteiger partial charge in [-0.3, -0.25) is 4.79 Å². The third-order valence-corrected chi connectivity index (χ3v) is 7.07. The second-order valence-electron chi connectivity index (χ2n) is 7.30. The van der Waals surface area contributed by atoms with Gasteiger partial charge in [-0.25, -0.2) is 21.5 Å². The van der Waals surface area contributed by atoms with Crippen molar-refractivity contribution in [2.75, 3.05) is 13.1 Å². The predicted molar refractivity (Wildman–Crippen MR) is 106 cm³/mol. The second kappa shape index (κ2) is 9.00. The Hall–Kier alpha value is -2.32. The summed E-state index contributed by atoms with van der Waals surface area (Å²) >= 11 is 0. The Morgan fingerprint density at radius 3 is 2.34 bits per heavy atom. The molecule has 5 nitrogen and oxygen atoms in total. The monoisotopic (exact) mass is 422 g/mol. The lowest BCUT2D eigenvalue weighted by Crippen LogP contribution is -2.43. The maximum Gasteiger partial charge on any atom is 0.223 e. The van der Waals surface area contributed by atoms with Crippen LogP contribution in [0.4, 0.5) is 8.78 Å². The van der Waals surface area contributed by atoms with Gasteiger partial charge in [0.25, 0.3) is 0 Å². The van der Waals surface area contributed by atoms with Crippen LogP contribution in [0.3, 0.4) is 0 Å². The lowest BCUT2D eigenvalue weighted by atomic mass is 9.96.